The minimum Gasteiger partial charge on any atom is -0.494 e. The lowest BCUT2D eigenvalue weighted by molar-refractivity contribution is -0.130. The van der Waals surface area contributed by atoms with Crippen LogP contribution in [0.2, 0.25) is 10.0 Å². The van der Waals surface area contributed by atoms with Gasteiger partial charge in [0.05, 0.1) is 13.2 Å². The Hall–Kier alpha value is -4.71. The Labute approximate surface area is 284 Å². The highest BCUT2D eigenvalue weighted by Crippen LogP contribution is 2.45. The predicted octanol–water partition coefficient (Wildman–Crippen LogP) is 7.16. The molecule has 14 heteroatoms. The van der Waals surface area contributed by atoms with Crippen LogP contribution in [-0.2, 0) is 29.0 Å². The summed E-state index contributed by atoms with van der Waals surface area (Å²) in [7, 11) is 0. The summed E-state index contributed by atoms with van der Waals surface area (Å²) in [5, 5.41) is 13.4. The zero-order valence-electron chi connectivity index (χ0n) is 25.4. The van der Waals surface area contributed by atoms with Gasteiger partial charge in [0.15, 0.2) is 11.6 Å². The smallest absolute Gasteiger partial charge is 0.266 e. The number of nitrogens with one attached hydrogen (secondary N) is 2. The molecule has 3 N–H and O–H groups in total. The van der Waals surface area contributed by atoms with E-state index >= 15 is 0 Å². The largest absolute Gasteiger partial charge is 0.494 e. The summed E-state index contributed by atoms with van der Waals surface area (Å²) in [5.41, 5.74) is 15.1. The van der Waals surface area contributed by atoms with Crippen LogP contribution in [-0.4, -0.2) is 35.7 Å². The summed E-state index contributed by atoms with van der Waals surface area (Å²) in [6.45, 7) is 0.190. The monoisotopic (exact) mass is 694 g/mol. The molecule has 1 aliphatic heterocycles. The first-order chi connectivity index (χ1) is 23.2. The topological polar surface area (TPSA) is 141 Å². The number of aliphatic imine (C=N–C) groups is 1. The Morgan fingerprint density at radius 1 is 1.04 bits per heavy atom. The van der Waals surface area contributed by atoms with E-state index in [4.69, 9.17) is 48.3 Å². The molecule has 4 aromatic carbocycles. The maximum Gasteiger partial charge on any atom is 0.266 e. The van der Waals surface area contributed by atoms with E-state index in [0.717, 1.165) is 12.1 Å². The molecular weight excluding hydrogens is 665 g/mol. The van der Waals surface area contributed by atoms with E-state index in [1.54, 1.807) is 60.7 Å². The molecule has 0 unspecified atom stereocenters. The van der Waals surface area contributed by atoms with Crippen LogP contribution >= 0.6 is 23.2 Å². The van der Waals surface area contributed by atoms with Crippen LogP contribution in [0.3, 0.4) is 0 Å². The van der Waals surface area contributed by atoms with Gasteiger partial charge in [0.1, 0.15) is 17.4 Å². The van der Waals surface area contributed by atoms with Gasteiger partial charge in [-0.2, -0.15) is 0 Å². The number of benzene rings is 4. The summed E-state index contributed by atoms with van der Waals surface area (Å²) in [6, 6.07) is 22.0. The molecule has 5 rings (SSSR count). The van der Waals surface area contributed by atoms with E-state index in [1.807, 2.05) is 0 Å². The van der Waals surface area contributed by atoms with Gasteiger partial charge >= 0.3 is 0 Å². The van der Waals surface area contributed by atoms with Crippen LogP contribution in [0.25, 0.3) is 10.4 Å². The minimum atomic E-state index is -1.72. The maximum absolute atomic E-state index is 14.5. The van der Waals surface area contributed by atoms with Crippen molar-refractivity contribution >= 4 is 35.0 Å². The molecule has 1 heterocycles. The zero-order chi connectivity index (χ0) is 34.1. The highest BCUT2D eigenvalue weighted by molar-refractivity contribution is 6.35. The molecule has 0 spiro atoms. The van der Waals surface area contributed by atoms with Gasteiger partial charge in [0, 0.05) is 63.7 Å². The van der Waals surface area contributed by atoms with Gasteiger partial charge in [0.2, 0.25) is 5.90 Å². The van der Waals surface area contributed by atoms with E-state index in [0.29, 0.717) is 46.1 Å². The minimum absolute atomic E-state index is 0.00120. The van der Waals surface area contributed by atoms with Gasteiger partial charge in [-0.3, -0.25) is 10.2 Å². The Kier molecular flexibility index (Phi) is 11.5. The van der Waals surface area contributed by atoms with Crippen molar-refractivity contribution in [2.24, 2.45) is 10.1 Å². The van der Waals surface area contributed by atoms with Crippen LogP contribution in [0.4, 0.5) is 8.78 Å². The average Bonchev–Trinajstić information content (AvgIpc) is 3.45. The lowest BCUT2D eigenvalue weighted by Crippen LogP contribution is -2.53. The number of nitrogens with zero attached hydrogens (tertiary/aromatic N) is 4. The van der Waals surface area contributed by atoms with E-state index in [1.165, 1.54) is 12.1 Å². The van der Waals surface area contributed by atoms with Crippen molar-refractivity contribution in [2.45, 2.75) is 37.6 Å². The van der Waals surface area contributed by atoms with Crippen LogP contribution in [0, 0.1) is 11.6 Å². The molecule has 0 aliphatic carbocycles. The molecule has 4 aromatic rings. The molecular formula is C34H30Cl2F2N6O4. The first-order valence-corrected chi connectivity index (χ1v) is 15.6. The number of azide groups is 1. The number of hydrazine groups is 1. The molecule has 0 radical (unpaired) electrons. The number of amides is 1. The number of hydrogen-bond donors (Lipinski definition) is 3. The number of hydrogen-bond acceptors (Lipinski definition) is 7. The molecule has 2 atom stereocenters. The van der Waals surface area contributed by atoms with Crippen molar-refractivity contribution in [3.05, 3.63) is 145 Å². The molecule has 1 amide bonds. The molecule has 10 nitrogen and oxygen atoms in total. The molecule has 0 aromatic heterocycles. The summed E-state index contributed by atoms with van der Waals surface area (Å²) in [4.78, 5) is 22.3. The summed E-state index contributed by atoms with van der Waals surface area (Å²) >= 11 is 12.9. The van der Waals surface area contributed by atoms with E-state index < -0.39 is 29.2 Å². The zero-order valence-corrected chi connectivity index (χ0v) is 26.9. The highest BCUT2D eigenvalue weighted by Gasteiger charge is 2.54. The number of rotatable bonds is 14. The molecule has 1 aliphatic rings. The van der Waals surface area contributed by atoms with Crippen molar-refractivity contribution in [1.29, 1.82) is 0 Å². The molecule has 248 valence electrons. The number of carbonyl (C=O) groups is 1. The van der Waals surface area contributed by atoms with Crippen molar-refractivity contribution in [3.8, 4) is 5.75 Å². The van der Waals surface area contributed by atoms with Gasteiger partial charge in [-0.1, -0.05) is 64.7 Å². The second-order valence-electron chi connectivity index (χ2n) is 10.8. The molecule has 0 saturated carbocycles. The second kappa shape index (κ2) is 15.9. The first kappa shape index (κ1) is 34.6. The molecule has 0 fully saturated rings. The third-order valence-corrected chi connectivity index (χ3v) is 8.22. The van der Waals surface area contributed by atoms with Gasteiger partial charge < -0.3 is 14.6 Å². The van der Waals surface area contributed by atoms with E-state index in [9.17, 15) is 13.6 Å². The van der Waals surface area contributed by atoms with Crippen LogP contribution in [0.1, 0.15) is 40.3 Å². The van der Waals surface area contributed by atoms with Gasteiger partial charge in [-0.15, -0.1) is 0 Å². The fourth-order valence-electron chi connectivity index (χ4n) is 5.25. The fraction of sp³-hybridized carbons (Fsp3) is 0.235. The van der Waals surface area contributed by atoms with Gasteiger partial charge in [0.25, 0.3) is 5.91 Å². The Bertz CT molecular complexity index is 1860. The van der Waals surface area contributed by atoms with Gasteiger partial charge in [-0.05, 0) is 59.1 Å². The molecule has 0 saturated heterocycles. The number of aliphatic hydroxyl groups is 1. The molecule has 48 heavy (non-hydrogen) atoms. The van der Waals surface area contributed by atoms with Crippen LogP contribution in [0.15, 0.2) is 95.0 Å². The lowest BCUT2D eigenvalue weighted by atomic mass is 9.81. The first-order valence-electron chi connectivity index (χ1n) is 14.8. The van der Waals surface area contributed by atoms with Crippen LogP contribution < -0.4 is 15.6 Å². The number of ether oxygens (including phenoxy) is 2. The average molecular weight is 696 g/mol. The van der Waals surface area contributed by atoms with E-state index in [-0.39, 0.29) is 42.6 Å². The van der Waals surface area contributed by atoms with Gasteiger partial charge in [-0.25, -0.2) is 19.2 Å². The number of carbonyl (C=O) groups excluding carboxylic acids is 1. The summed E-state index contributed by atoms with van der Waals surface area (Å²) in [6.07, 6.45) is -0.644. The predicted molar refractivity (Wildman–Crippen MR) is 178 cm³/mol. The Morgan fingerprint density at radius 3 is 2.52 bits per heavy atom. The van der Waals surface area contributed by atoms with Crippen molar-refractivity contribution in [1.82, 2.24) is 10.9 Å². The van der Waals surface area contributed by atoms with Crippen molar-refractivity contribution in [2.75, 3.05) is 13.2 Å². The van der Waals surface area contributed by atoms with E-state index in [2.05, 4.69) is 20.9 Å². The van der Waals surface area contributed by atoms with Crippen molar-refractivity contribution in [3.63, 3.8) is 0 Å². The standard InChI is InChI=1S/C34H30Cl2F2N6O4/c35-25-9-13-28(29(36)16-25)31-34(18-22-4-1-2-5-23(22)19-41-44-39,33(46)43-40-20-24-6-10-26(37)17-30(24)38)42-32(48-31)21-7-11-27(12-8-21)47-15-3-14-45/h1-2,4-13,16-17,31,40,45H,3,14-15,18-20H2,(H,43,46)/t31-,34-/m0/s1. The lowest BCUT2D eigenvalue weighted by Gasteiger charge is -2.32. The number of halogens is 4. The Balaban J connectivity index is 1.58. The number of aliphatic hydroxyl groups excluding tert-OH is 1. The quantitative estimate of drug-likeness (QED) is 0.0422. The third kappa shape index (κ3) is 8.04. The third-order valence-electron chi connectivity index (χ3n) is 7.65. The van der Waals surface area contributed by atoms with Crippen molar-refractivity contribution < 1.29 is 28.2 Å². The molecule has 0 bridgehead atoms. The maximum atomic E-state index is 14.5. The summed E-state index contributed by atoms with van der Waals surface area (Å²) in [5.74, 6) is -1.44. The second-order valence-corrected chi connectivity index (χ2v) is 11.7. The Morgan fingerprint density at radius 2 is 1.81 bits per heavy atom. The highest BCUT2D eigenvalue weighted by atomic mass is 35.5. The normalized spacial score (nSPS) is 16.9. The SMILES string of the molecule is [N-]=[N+]=NCc1ccccc1C[C@]1(C(=O)NNCc2ccc(F)cc2F)N=C(c2ccc(OCCCO)cc2)O[C@H]1c1ccc(Cl)cc1Cl. The van der Waals surface area contributed by atoms with Crippen LogP contribution in [0.5, 0.6) is 5.75 Å². The fourth-order valence-corrected chi connectivity index (χ4v) is 5.76. The summed E-state index contributed by atoms with van der Waals surface area (Å²) < 4.78 is 40.0.